The first kappa shape index (κ1) is 10.6. The highest BCUT2D eigenvalue weighted by Gasteiger charge is 2.33. The van der Waals surface area contributed by atoms with Gasteiger partial charge in [-0.2, -0.15) is 5.10 Å². The lowest BCUT2D eigenvalue weighted by atomic mass is 10.0. The highest BCUT2D eigenvalue weighted by molar-refractivity contribution is 7.89. The SMILES string of the molecule is CC1(NS(=O)(=O)c2cn[nH]c2)CCNC1. The van der Waals surface area contributed by atoms with E-state index in [1.165, 1.54) is 12.4 Å². The third kappa shape index (κ3) is 2.19. The fraction of sp³-hybridized carbons (Fsp3) is 0.625. The molecule has 0 spiro atoms. The number of aromatic nitrogens is 2. The molecular weight excluding hydrogens is 216 g/mol. The average molecular weight is 230 g/mol. The van der Waals surface area contributed by atoms with E-state index in [0.717, 1.165) is 13.0 Å². The van der Waals surface area contributed by atoms with Crippen LogP contribution in [0.25, 0.3) is 0 Å². The highest BCUT2D eigenvalue weighted by Crippen LogP contribution is 2.17. The lowest BCUT2D eigenvalue weighted by Gasteiger charge is -2.23. The van der Waals surface area contributed by atoms with Gasteiger partial charge in [-0.25, -0.2) is 13.1 Å². The van der Waals surface area contributed by atoms with Crippen molar-refractivity contribution in [2.75, 3.05) is 13.1 Å². The van der Waals surface area contributed by atoms with Crippen LogP contribution in [0, 0.1) is 0 Å². The van der Waals surface area contributed by atoms with E-state index in [4.69, 9.17) is 0 Å². The number of hydrogen-bond donors (Lipinski definition) is 3. The van der Waals surface area contributed by atoms with Gasteiger partial charge in [0.1, 0.15) is 4.90 Å². The second-order valence-electron chi connectivity index (χ2n) is 4.03. The Morgan fingerprint density at radius 2 is 2.40 bits per heavy atom. The van der Waals surface area contributed by atoms with Gasteiger partial charge in [0, 0.05) is 18.3 Å². The van der Waals surface area contributed by atoms with Crippen molar-refractivity contribution in [3.05, 3.63) is 12.4 Å². The van der Waals surface area contributed by atoms with Gasteiger partial charge in [0.2, 0.25) is 10.0 Å². The third-order valence-corrected chi connectivity index (χ3v) is 4.14. The van der Waals surface area contributed by atoms with Gasteiger partial charge in [-0.3, -0.25) is 5.10 Å². The Labute approximate surface area is 88.5 Å². The molecule has 7 heteroatoms. The van der Waals surface area contributed by atoms with Crippen molar-refractivity contribution in [1.29, 1.82) is 0 Å². The Kier molecular flexibility index (Phi) is 2.53. The summed E-state index contributed by atoms with van der Waals surface area (Å²) in [7, 11) is -3.44. The van der Waals surface area contributed by atoms with Crippen molar-refractivity contribution in [3.63, 3.8) is 0 Å². The first-order chi connectivity index (χ1) is 7.02. The summed E-state index contributed by atoms with van der Waals surface area (Å²) in [6.07, 6.45) is 3.46. The van der Waals surface area contributed by atoms with Gasteiger partial charge >= 0.3 is 0 Å². The molecule has 0 radical (unpaired) electrons. The molecule has 1 fully saturated rings. The van der Waals surface area contributed by atoms with Gasteiger partial charge in [-0.15, -0.1) is 0 Å². The number of nitrogens with one attached hydrogen (secondary N) is 3. The van der Waals surface area contributed by atoms with Crippen molar-refractivity contribution in [2.45, 2.75) is 23.8 Å². The zero-order valence-corrected chi connectivity index (χ0v) is 9.26. The Morgan fingerprint density at radius 1 is 1.60 bits per heavy atom. The van der Waals surface area contributed by atoms with E-state index in [9.17, 15) is 8.42 Å². The fourth-order valence-corrected chi connectivity index (χ4v) is 3.01. The normalized spacial score (nSPS) is 27.0. The quantitative estimate of drug-likeness (QED) is 0.649. The standard InChI is InChI=1S/C8H14N4O2S/c1-8(2-3-9-6-8)12-15(13,14)7-4-10-11-5-7/h4-5,9,12H,2-3,6H2,1H3,(H,10,11). The number of H-pyrrole nitrogens is 1. The molecule has 1 atom stereocenters. The average Bonchev–Trinajstić information content (AvgIpc) is 2.73. The lowest BCUT2D eigenvalue weighted by Crippen LogP contribution is -2.47. The fourth-order valence-electron chi connectivity index (χ4n) is 1.67. The smallest absolute Gasteiger partial charge is 0.244 e. The molecule has 0 bridgehead atoms. The zero-order valence-electron chi connectivity index (χ0n) is 8.45. The summed E-state index contributed by atoms with van der Waals surface area (Å²) in [5.74, 6) is 0. The van der Waals surface area contributed by atoms with Crippen LogP contribution >= 0.6 is 0 Å². The van der Waals surface area contributed by atoms with E-state index in [0.29, 0.717) is 6.54 Å². The first-order valence-corrected chi connectivity index (χ1v) is 6.24. The summed E-state index contributed by atoms with van der Waals surface area (Å²) in [6, 6.07) is 0. The van der Waals surface area contributed by atoms with E-state index in [1.54, 1.807) is 0 Å². The van der Waals surface area contributed by atoms with Gasteiger partial charge in [-0.05, 0) is 19.9 Å². The molecule has 6 nitrogen and oxygen atoms in total. The Hall–Kier alpha value is -0.920. The number of sulfonamides is 1. The van der Waals surface area contributed by atoms with Crippen LogP contribution in [0.3, 0.4) is 0 Å². The van der Waals surface area contributed by atoms with Crippen LogP contribution in [0.4, 0.5) is 0 Å². The van der Waals surface area contributed by atoms with Crippen molar-refractivity contribution in [1.82, 2.24) is 20.2 Å². The second kappa shape index (κ2) is 3.58. The first-order valence-electron chi connectivity index (χ1n) is 4.75. The van der Waals surface area contributed by atoms with Crippen LogP contribution in [0.5, 0.6) is 0 Å². The second-order valence-corrected chi connectivity index (χ2v) is 5.71. The molecule has 1 unspecified atom stereocenters. The van der Waals surface area contributed by atoms with Gasteiger partial charge < -0.3 is 5.32 Å². The molecule has 84 valence electrons. The molecule has 0 aliphatic carbocycles. The molecule has 0 saturated carbocycles. The van der Waals surface area contributed by atoms with Crippen molar-refractivity contribution >= 4 is 10.0 Å². The Morgan fingerprint density at radius 3 is 2.93 bits per heavy atom. The summed E-state index contributed by atoms with van der Waals surface area (Å²) in [5.41, 5.74) is -0.393. The van der Waals surface area contributed by atoms with Crippen LogP contribution in [0.1, 0.15) is 13.3 Å². The van der Waals surface area contributed by atoms with Crippen molar-refractivity contribution in [2.24, 2.45) is 0 Å². The third-order valence-electron chi connectivity index (χ3n) is 2.53. The molecular formula is C8H14N4O2S. The molecule has 1 aromatic heterocycles. The maximum atomic E-state index is 11.9. The van der Waals surface area contributed by atoms with Crippen molar-refractivity contribution < 1.29 is 8.42 Å². The predicted molar refractivity (Wildman–Crippen MR) is 54.8 cm³/mol. The molecule has 2 heterocycles. The Balaban J connectivity index is 2.18. The largest absolute Gasteiger partial charge is 0.315 e. The van der Waals surface area contributed by atoms with E-state index < -0.39 is 15.6 Å². The highest BCUT2D eigenvalue weighted by atomic mass is 32.2. The Bertz CT molecular complexity index is 420. The molecule has 15 heavy (non-hydrogen) atoms. The summed E-state index contributed by atoms with van der Waals surface area (Å²) < 4.78 is 26.4. The molecule has 1 aromatic rings. The van der Waals surface area contributed by atoms with Crippen LogP contribution in [0.2, 0.25) is 0 Å². The van der Waals surface area contributed by atoms with Crippen LogP contribution < -0.4 is 10.0 Å². The maximum absolute atomic E-state index is 11.9. The number of nitrogens with zero attached hydrogens (tertiary/aromatic N) is 1. The molecule has 1 aliphatic heterocycles. The number of rotatable bonds is 3. The van der Waals surface area contributed by atoms with E-state index in [2.05, 4.69) is 20.2 Å². The topological polar surface area (TPSA) is 86.9 Å². The zero-order chi connectivity index (χ0) is 10.9. The number of aromatic amines is 1. The predicted octanol–water partition coefficient (Wildman–Crippen LogP) is -0.560. The molecule has 2 rings (SSSR count). The van der Waals surface area contributed by atoms with Gasteiger partial charge in [0.05, 0.1) is 6.20 Å². The molecule has 0 aromatic carbocycles. The van der Waals surface area contributed by atoms with Gasteiger partial charge in [0.15, 0.2) is 0 Å². The summed E-state index contributed by atoms with van der Waals surface area (Å²) >= 11 is 0. The van der Waals surface area contributed by atoms with Gasteiger partial charge in [0.25, 0.3) is 0 Å². The van der Waals surface area contributed by atoms with Crippen LogP contribution in [-0.2, 0) is 10.0 Å². The van der Waals surface area contributed by atoms with Crippen molar-refractivity contribution in [3.8, 4) is 0 Å². The molecule has 1 aliphatic rings. The van der Waals surface area contributed by atoms with E-state index in [-0.39, 0.29) is 4.90 Å². The van der Waals surface area contributed by atoms with Gasteiger partial charge in [-0.1, -0.05) is 0 Å². The minimum Gasteiger partial charge on any atom is -0.315 e. The minimum atomic E-state index is -3.44. The maximum Gasteiger partial charge on any atom is 0.244 e. The molecule has 0 amide bonds. The molecule has 3 N–H and O–H groups in total. The summed E-state index contributed by atoms with van der Waals surface area (Å²) in [4.78, 5) is 0.177. The molecule has 1 saturated heterocycles. The summed E-state index contributed by atoms with van der Waals surface area (Å²) in [5, 5.41) is 9.24. The monoisotopic (exact) mass is 230 g/mol. The van der Waals surface area contributed by atoms with E-state index >= 15 is 0 Å². The minimum absolute atomic E-state index is 0.177. The number of hydrogen-bond acceptors (Lipinski definition) is 4. The lowest BCUT2D eigenvalue weighted by molar-refractivity contribution is 0.452. The van der Waals surface area contributed by atoms with Crippen LogP contribution in [-0.4, -0.2) is 37.2 Å². The van der Waals surface area contributed by atoms with E-state index in [1.807, 2.05) is 6.92 Å². The summed E-state index contributed by atoms with van der Waals surface area (Å²) in [6.45, 7) is 3.39. The van der Waals surface area contributed by atoms with Crippen LogP contribution in [0.15, 0.2) is 17.3 Å².